The van der Waals surface area contributed by atoms with Gasteiger partial charge in [-0.15, -0.1) is 21.6 Å². The van der Waals surface area contributed by atoms with Gasteiger partial charge in [-0.3, -0.25) is 0 Å². The van der Waals surface area contributed by atoms with Crippen LogP contribution in [0.25, 0.3) is 0 Å². The number of halogens is 4. The van der Waals surface area contributed by atoms with Gasteiger partial charge in [-0.2, -0.15) is 8.71 Å². The Labute approximate surface area is 136 Å². The fourth-order valence-electron chi connectivity index (χ4n) is 2.05. The molecule has 0 saturated heterocycles. The van der Waals surface area contributed by atoms with Gasteiger partial charge in [-0.25, -0.2) is 0 Å². The van der Waals surface area contributed by atoms with Crippen molar-refractivity contribution in [2.75, 3.05) is 0 Å². The molecule has 11 heteroatoms. The lowest BCUT2D eigenvalue weighted by molar-refractivity contribution is 0.550. The smallest absolute Gasteiger partial charge is 0.419 e. The summed E-state index contributed by atoms with van der Waals surface area (Å²) in [4.78, 5) is 0. The van der Waals surface area contributed by atoms with Crippen LogP contribution in [0.1, 0.15) is 5.56 Å². The van der Waals surface area contributed by atoms with Crippen LogP contribution in [0.5, 0.6) is 5.75 Å². The molecule has 0 bridgehead atoms. The second-order valence-corrected chi connectivity index (χ2v) is 10.7. The summed E-state index contributed by atoms with van der Waals surface area (Å²) in [5.41, 5.74) is 0.411. The van der Waals surface area contributed by atoms with Gasteiger partial charge < -0.3 is 4.52 Å². The van der Waals surface area contributed by atoms with Crippen LogP contribution in [0, 0.1) is 0 Å². The first-order chi connectivity index (χ1) is 11.3. The third-order valence-corrected chi connectivity index (χ3v) is 9.79. The summed E-state index contributed by atoms with van der Waals surface area (Å²) in [6.45, 7) is 0. The van der Waals surface area contributed by atoms with Gasteiger partial charge in [-0.1, -0.05) is 48.5 Å². The van der Waals surface area contributed by atoms with E-state index < -0.39 is 29.2 Å². The van der Waals surface area contributed by atoms with Crippen molar-refractivity contribution in [1.82, 2.24) is 0 Å². The van der Waals surface area contributed by atoms with Gasteiger partial charge in [0.1, 0.15) is 5.75 Å². The molecule has 2 aromatic rings. The maximum Gasteiger partial charge on any atom is 0.439 e. The molecule has 0 amide bonds. The van der Waals surface area contributed by atoms with Gasteiger partial charge in [0.05, 0.1) is 6.16 Å². The minimum Gasteiger partial charge on any atom is -0.419 e. The normalized spacial score (nSPS) is 28.2. The van der Waals surface area contributed by atoms with Crippen molar-refractivity contribution in [2.24, 2.45) is 13.5 Å². The van der Waals surface area contributed by atoms with E-state index in [2.05, 4.69) is 13.5 Å². The first-order valence-electron chi connectivity index (χ1n) is 6.75. The monoisotopic (exact) mass is 395 g/mol. The number of hydrogen-bond donors (Lipinski definition) is 0. The maximum atomic E-state index is 14.9. The summed E-state index contributed by atoms with van der Waals surface area (Å²) >= 11 is 0. The number of para-hydroxylation sites is 1. The standard InChI is InChI=1S/C13H12F4N3OP3/c14-22(11-12-7-3-1-4-8-12)18-23(15,16)20-24(17,19-22)21-13-9-5-2-6-10-13/h1-10H,11H2. The lowest BCUT2D eigenvalue weighted by atomic mass is 10.2. The van der Waals surface area contributed by atoms with Gasteiger partial charge in [-0.05, 0) is 17.7 Å². The Kier molecular flexibility index (Phi) is 4.74. The molecule has 2 atom stereocenters. The molecule has 1 aliphatic heterocycles. The Morgan fingerprint density at radius 3 is 1.96 bits per heavy atom. The van der Waals surface area contributed by atoms with Crippen molar-refractivity contribution < 1.29 is 21.3 Å². The largest absolute Gasteiger partial charge is 0.439 e. The highest BCUT2D eigenvalue weighted by molar-refractivity contribution is 7.79. The fourth-order valence-corrected chi connectivity index (χ4v) is 9.04. The second-order valence-electron chi connectivity index (χ2n) is 4.89. The van der Waals surface area contributed by atoms with Gasteiger partial charge in [0.25, 0.3) is 7.52 Å². The van der Waals surface area contributed by atoms with Gasteiger partial charge >= 0.3 is 15.6 Å². The Balaban J connectivity index is 2.02. The summed E-state index contributed by atoms with van der Waals surface area (Å²) in [5.74, 6) is -0.0333. The summed E-state index contributed by atoms with van der Waals surface area (Å²) < 4.78 is 71.2. The lowest BCUT2D eigenvalue weighted by Gasteiger charge is -2.21. The molecular weight excluding hydrogens is 383 g/mol. The Morgan fingerprint density at radius 2 is 1.33 bits per heavy atom. The Hall–Kier alpha value is -1.35. The minimum absolute atomic E-state index is 0.0333. The van der Waals surface area contributed by atoms with Crippen LogP contribution >= 0.6 is 23.1 Å². The van der Waals surface area contributed by atoms with Crippen LogP contribution in [-0.4, -0.2) is 0 Å². The predicted octanol–water partition coefficient (Wildman–Crippen LogP) is 8.08. The SMILES string of the molecule is FP1(F)=NP(F)(Oc2ccccc2)=NP(F)(Cc2ccccc2)=N1. The molecule has 3 rings (SSSR count). The number of rotatable bonds is 4. The van der Waals surface area contributed by atoms with Gasteiger partial charge in [0, 0.05) is 0 Å². The van der Waals surface area contributed by atoms with E-state index in [0.29, 0.717) is 5.56 Å². The van der Waals surface area contributed by atoms with E-state index in [1.807, 2.05) is 0 Å². The molecule has 1 heterocycles. The highest BCUT2D eigenvalue weighted by Crippen LogP contribution is 2.81. The zero-order valence-electron chi connectivity index (χ0n) is 12.1. The molecule has 24 heavy (non-hydrogen) atoms. The molecule has 0 radical (unpaired) electrons. The Bertz CT molecular complexity index is 852. The van der Waals surface area contributed by atoms with Crippen LogP contribution in [0.3, 0.4) is 0 Å². The number of hydrogen-bond acceptors (Lipinski definition) is 4. The molecule has 0 fully saturated rings. The molecule has 1 aliphatic rings. The summed E-state index contributed by atoms with van der Waals surface area (Å²) in [7, 11) is -14.8. The molecule has 0 spiro atoms. The van der Waals surface area contributed by atoms with Gasteiger partial charge in [0.2, 0.25) is 0 Å². The lowest BCUT2D eigenvalue weighted by Crippen LogP contribution is -1.90. The van der Waals surface area contributed by atoms with E-state index in [1.165, 1.54) is 24.3 Å². The average molecular weight is 395 g/mol. The predicted molar refractivity (Wildman–Crippen MR) is 89.7 cm³/mol. The topological polar surface area (TPSA) is 46.3 Å². The van der Waals surface area contributed by atoms with Crippen molar-refractivity contribution >= 4 is 23.1 Å². The highest BCUT2D eigenvalue weighted by atomic mass is 31.3. The highest BCUT2D eigenvalue weighted by Gasteiger charge is 2.40. The summed E-state index contributed by atoms with van der Waals surface area (Å²) in [6, 6.07) is 15.5. The summed E-state index contributed by atoms with van der Waals surface area (Å²) in [5, 5.41) is 0. The molecule has 2 unspecified atom stereocenters. The minimum atomic E-state index is -5.47. The van der Waals surface area contributed by atoms with Crippen LogP contribution in [0.4, 0.5) is 16.8 Å². The fraction of sp³-hybridized carbons (Fsp3) is 0.0769. The van der Waals surface area contributed by atoms with Gasteiger partial charge in [0.15, 0.2) is 0 Å². The van der Waals surface area contributed by atoms with Crippen LogP contribution in [0.2, 0.25) is 0 Å². The van der Waals surface area contributed by atoms with E-state index in [4.69, 9.17) is 4.52 Å². The quantitative estimate of drug-likeness (QED) is 0.381. The van der Waals surface area contributed by atoms with E-state index >= 15 is 0 Å². The van der Waals surface area contributed by atoms with Crippen molar-refractivity contribution in [3.05, 3.63) is 66.2 Å². The molecular formula is C13H12F4N3OP3. The van der Waals surface area contributed by atoms with E-state index in [1.54, 1.807) is 36.4 Å². The molecule has 0 saturated carbocycles. The average Bonchev–Trinajstić information content (AvgIpc) is 2.45. The third kappa shape index (κ3) is 4.38. The Morgan fingerprint density at radius 1 is 0.750 bits per heavy atom. The van der Waals surface area contributed by atoms with Crippen molar-refractivity contribution in [3.8, 4) is 5.75 Å². The zero-order valence-corrected chi connectivity index (χ0v) is 14.8. The maximum absolute atomic E-state index is 14.9. The van der Waals surface area contributed by atoms with E-state index in [9.17, 15) is 16.8 Å². The van der Waals surface area contributed by atoms with Crippen LogP contribution in [-0.2, 0) is 6.16 Å². The molecule has 128 valence electrons. The third-order valence-electron chi connectivity index (χ3n) is 2.90. The zero-order chi connectivity index (χ0) is 17.3. The van der Waals surface area contributed by atoms with Crippen molar-refractivity contribution in [2.45, 2.75) is 6.16 Å². The van der Waals surface area contributed by atoms with Crippen molar-refractivity contribution in [1.29, 1.82) is 0 Å². The summed E-state index contributed by atoms with van der Waals surface area (Å²) in [6.07, 6.45) is -0.497. The first-order valence-corrected chi connectivity index (χ1v) is 11.5. The van der Waals surface area contributed by atoms with Crippen LogP contribution in [0.15, 0.2) is 74.2 Å². The van der Waals surface area contributed by atoms with E-state index in [-0.39, 0.29) is 5.75 Å². The molecule has 2 aromatic carbocycles. The number of benzene rings is 2. The van der Waals surface area contributed by atoms with Crippen molar-refractivity contribution in [3.63, 3.8) is 0 Å². The second kappa shape index (κ2) is 6.51. The van der Waals surface area contributed by atoms with Crippen LogP contribution < -0.4 is 4.52 Å². The van der Waals surface area contributed by atoms with E-state index in [0.717, 1.165) is 0 Å². The first kappa shape index (κ1) is 17.5. The molecule has 0 aromatic heterocycles. The number of nitrogens with zero attached hydrogens (tertiary/aromatic N) is 3. The molecule has 4 nitrogen and oxygen atoms in total. The molecule has 0 aliphatic carbocycles. The molecule has 0 N–H and O–H groups in total.